The van der Waals surface area contributed by atoms with Crippen molar-refractivity contribution in [3.05, 3.63) is 35.4 Å². The van der Waals surface area contributed by atoms with E-state index in [0.29, 0.717) is 25.5 Å². The molecule has 0 bridgehead atoms. The van der Waals surface area contributed by atoms with Crippen LogP contribution in [0.25, 0.3) is 0 Å². The number of guanidine groups is 1. The Kier molecular flexibility index (Phi) is 10.6. The molecule has 6 nitrogen and oxygen atoms in total. The molecule has 26 heavy (non-hydrogen) atoms. The van der Waals surface area contributed by atoms with E-state index >= 15 is 0 Å². The molecule has 1 aromatic carbocycles. The maximum Gasteiger partial charge on any atom is 0.223 e. The summed E-state index contributed by atoms with van der Waals surface area (Å²) < 4.78 is 0. The molecule has 2 rings (SSSR count). The molecular formula is C19H32IN5O. The largest absolute Gasteiger partial charge is 0.356 e. The topological polar surface area (TPSA) is 60.0 Å². The van der Waals surface area contributed by atoms with Crippen molar-refractivity contribution in [1.29, 1.82) is 0 Å². The van der Waals surface area contributed by atoms with Gasteiger partial charge in [0.2, 0.25) is 5.91 Å². The summed E-state index contributed by atoms with van der Waals surface area (Å²) in [4.78, 5) is 19.9. The zero-order valence-corrected chi connectivity index (χ0v) is 18.5. The molecule has 1 aromatic rings. The monoisotopic (exact) mass is 473 g/mol. The summed E-state index contributed by atoms with van der Waals surface area (Å²) in [5, 5.41) is 6.45. The van der Waals surface area contributed by atoms with E-state index in [1.165, 1.54) is 37.1 Å². The second-order valence-electron chi connectivity index (χ2n) is 6.69. The van der Waals surface area contributed by atoms with Gasteiger partial charge < -0.3 is 15.5 Å². The lowest BCUT2D eigenvalue weighted by molar-refractivity contribution is -0.128. The summed E-state index contributed by atoms with van der Waals surface area (Å²) in [5.74, 6) is 0.823. The molecule has 1 aliphatic heterocycles. The van der Waals surface area contributed by atoms with Gasteiger partial charge >= 0.3 is 0 Å². The van der Waals surface area contributed by atoms with E-state index in [1.54, 1.807) is 26.0 Å². The van der Waals surface area contributed by atoms with Gasteiger partial charge in [-0.2, -0.15) is 0 Å². The van der Waals surface area contributed by atoms with Gasteiger partial charge in [0.1, 0.15) is 0 Å². The normalized spacial score (nSPS) is 14.7. The van der Waals surface area contributed by atoms with E-state index in [1.807, 2.05) is 0 Å². The van der Waals surface area contributed by atoms with Gasteiger partial charge in [0.15, 0.2) is 5.96 Å². The second-order valence-corrected chi connectivity index (χ2v) is 6.69. The number of halogens is 1. The molecule has 0 spiro atoms. The fourth-order valence-corrected chi connectivity index (χ4v) is 2.88. The number of rotatable bonds is 7. The molecule has 7 heteroatoms. The average Bonchev–Trinajstić information content (AvgIpc) is 3.12. The van der Waals surface area contributed by atoms with Crippen LogP contribution in [-0.4, -0.2) is 62.4 Å². The summed E-state index contributed by atoms with van der Waals surface area (Å²) in [7, 11) is 5.27. The molecule has 1 fully saturated rings. The highest BCUT2D eigenvalue weighted by Crippen LogP contribution is 2.13. The Morgan fingerprint density at radius 1 is 1.12 bits per heavy atom. The van der Waals surface area contributed by atoms with Gasteiger partial charge in [0, 0.05) is 47.2 Å². The molecule has 1 aliphatic rings. The number of aliphatic imine (C=N–C) groups is 1. The first-order valence-electron chi connectivity index (χ1n) is 9.03. The lowest BCUT2D eigenvalue weighted by Gasteiger charge is -2.15. The molecule has 0 aromatic heterocycles. The summed E-state index contributed by atoms with van der Waals surface area (Å²) in [6.07, 6.45) is 3.11. The highest BCUT2D eigenvalue weighted by Gasteiger charge is 2.11. The van der Waals surface area contributed by atoms with Gasteiger partial charge in [0.25, 0.3) is 0 Å². The molecular weight excluding hydrogens is 441 g/mol. The Labute approximate surface area is 174 Å². The van der Waals surface area contributed by atoms with Gasteiger partial charge in [-0.15, -0.1) is 24.0 Å². The van der Waals surface area contributed by atoms with Gasteiger partial charge in [0.05, 0.1) is 0 Å². The summed E-state index contributed by atoms with van der Waals surface area (Å²) in [6, 6.07) is 8.76. The van der Waals surface area contributed by atoms with Crippen LogP contribution in [0.4, 0.5) is 0 Å². The first-order valence-corrected chi connectivity index (χ1v) is 9.03. The number of carbonyl (C=O) groups is 1. The minimum absolute atomic E-state index is 0. The van der Waals surface area contributed by atoms with E-state index in [4.69, 9.17) is 0 Å². The third-order valence-electron chi connectivity index (χ3n) is 4.44. The maximum absolute atomic E-state index is 11.6. The van der Waals surface area contributed by atoms with Crippen LogP contribution in [0.1, 0.15) is 30.4 Å². The quantitative estimate of drug-likeness (QED) is 0.362. The van der Waals surface area contributed by atoms with Gasteiger partial charge in [-0.05, 0) is 37.1 Å². The number of hydrogen-bond acceptors (Lipinski definition) is 3. The molecule has 1 saturated heterocycles. The SMILES string of the molecule is CN=C(NCCC(=O)N(C)C)NCc1ccc(CN2CCCC2)cc1.I. The van der Waals surface area contributed by atoms with Crippen molar-refractivity contribution in [2.75, 3.05) is 40.8 Å². The molecule has 1 heterocycles. The summed E-state index contributed by atoms with van der Waals surface area (Å²) in [6.45, 7) is 4.79. The predicted molar refractivity (Wildman–Crippen MR) is 118 cm³/mol. The first-order chi connectivity index (χ1) is 12.1. The fourth-order valence-electron chi connectivity index (χ4n) is 2.88. The minimum atomic E-state index is 0. The number of hydrogen-bond donors (Lipinski definition) is 2. The van der Waals surface area contributed by atoms with Crippen molar-refractivity contribution >= 4 is 35.8 Å². The number of nitrogens with one attached hydrogen (secondary N) is 2. The third kappa shape index (κ3) is 7.90. The second kappa shape index (κ2) is 12.1. The van der Waals surface area contributed by atoms with Crippen LogP contribution in [-0.2, 0) is 17.9 Å². The molecule has 0 radical (unpaired) electrons. The van der Waals surface area contributed by atoms with Crippen molar-refractivity contribution in [2.24, 2.45) is 4.99 Å². The van der Waals surface area contributed by atoms with Gasteiger partial charge in [-0.3, -0.25) is 14.7 Å². The first kappa shape index (κ1) is 22.7. The Morgan fingerprint density at radius 3 is 2.31 bits per heavy atom. The van der Waals surface area contributed by atoms with Crippen LogP contribution in [0.15, 0.2) is 29.3 Å². The molecule has 0 aliphatic carbocycles. The number of likely N-dealkylation sites (tertiary alicyclic amines) is 1. The van der Waals surface area contributed by atoms with Crippen LogP contribution < -0.4 is 10.6 Å². The number of amides is 1. The van der Waals surface area contributed by atoms with Gasteiger partial charge in [-0.25, -0.2) is 0 Å². The fraction of sp³-hybridized carbons (Fsp3) is 0.579. The van der Waals surface area contributed by atoms with E-state index < -0.39 is 0 Å². The van der Waals surface area contributed by atoms with Crippen LogP contribution in [0.3, 0.4) is 0 Å². The van der Waals surface area contributed by atoms with Crippen LogP contribution in [0.5, 0.6) is 0 Å². The number of nitrogens with zero attached hydrogens (tertiary/aromatic N) is 3. The lowest BCUT2D eigenvalue weighted by atomic mass is 10.1. The average molecular weight is 473 g/mol. The Morgan fingerprint density at radius 2 is 1.73 bits per heavy atom. The van der Waals surface area contributed by atoms with E-state index in [-0.39, 0.29) is 29.9 Å². The Balaban J connectivity index is 0.00000338. The Hall–Kier alpha value is -1.35. The van der Waals surface area contributed by atoms with Crippen molar-refractivity contribution in [1.82, 2.24) is 20.4 Å². The molecule has 0 unspecified atom stereocenters. The van der Waals surface area contributed by atoms with Crippen molar-refractivity contribution < 1.29 is 4.79 Å². The lowest BCUT2D eigenvalue weighted by Crippen LogP contribution is -2.38. The van der Waals surface area contributed by atoms with Crippen molar-refractivity contribution in [2.45, 2.75) is 32.4 Å². The Bertz CT molecular complexity index is 568. The maximum atomic E-state index is 11.6. The molecule has 0 atom stereocenters. The highest BCUT2D eigenvalue weighted by molar-refractivity contribution is 14.0. The van der Waals surface area contributed by atoms with Crippen LogP contribution in [0.2, 0.25) is 0 Å². The molecule has 0 saturated carbocycles. The summed E-state index contributed by atoms with van der Waals surface area (Å²) >= 11 is 0. The minimum Gasteiger partial charge on any atom is -0.356 e. The zero-order chi connectivity index (χ0) is 18.1. The van der Waals surface area contributed by atoms with Gasteiger partial charge in [-0.1, -0.05) is 24.3 Å². The smallest absolute Gasteiger partial charge is 0.223 e. The highest BCUT2D eigenvalue weighted by atomic mass is 127. The predicted octanol–water partition coefficient (Wildman–Crippen LogP) is 2.04. The zero-order valence-electron chi connectivity index (χ0n) is 16.1. The number of carbonyl (C=O) groups excluding carboxylic acids is 1. The van der Waals surface area contributed by atoms with Crippen LogP contribution in [0, 0.1) is 0 Å². The third-order valence-corrected chi connectivity index (χ3v) is 4.44. The standard InChI is InChI=1S/C19H31N5O.HI/c1-20-19(21-11-10-18(25)23(2)3)22-14-16-6-8-17(9-7-16)15-24-12-4-5-13-24;/h6-9H,4-5,10-15H2,1-3H3,(H2,20,21,22);1H. The number of benzene rings is 1. The molecule has 1 amide bonds. The van der Waals surface area contributed by atoms with E-state index in [9.17, 15) is 4.79 Å². The summed E-state index contributed by atoms with van der Waals surface area (Å²) in [5.41, 5.74) is 2.59. The molecule has 146 valence electrons. The van der Waals surface area contributed by atoms with Crippen LogP contribution >= 0.6 is 24.0 Å². The van der Waals surface area contributed by atoms with Crippen molar-refractivity contribution in [3.63, 3.8) is 0 Å². The van der Waals surface area contributed by atoms with E-state index in [2.05, 4.69) is 44.8 Å². The van der Waals surface area contributed by atoms with E-state index in [0.717, 1.165) is 6.54 Å². The van der Waals surface area contributed by atoms with Crippen molar-refractivity contribution in [3.8, 4) is 0 Å². The molecule has 2 N–H and O–H groups in total.